The van der Waals surface area contributed by atoms with E-state index >= 15 is 0 Å². The Labute approximate surface area is 178 Å². The first kappa shape index (κ1) is 19.3. The number of carbonyl (C=O) groups excluding carboxylic acids is 1. The van der Waals surface area contributed by atoms with Crippen LogP contribution in [0, 0.1) is 18.8 Å². The smallest absolute Gasteiger partial charge is 0.223 e. The molecule has 4 heterocycles. The third-order valence-electron chi connectivity index (χ3n) is 7.16. The fourth-order valence-corrected chi connectivity index (χ4v) is 5.89. The monoisotopic (exact) mass is 406 g/mol. The zero-order valence-electron chi connectivity index (χ0n) is 17.8. The van der Waals surface area contributed by atoms with Crippen LogP contribution in [0.25, 0.3) is 0 Å². The summed E-state index contributed by atoms with van der Waals surface area (Å²) in [5.41, 5.74) is 1.24. The summed E-state index contributed by atoms with van der Waals surface area (Å²) in [7, 11) is 1.71. The second-order valence-corrected chi connectivity index (χ2v) is 9.01. The molecule has 3 aliphatic rings. The highest BCUT2D eigenvalue weighted by Crippen LogP contribution is 2.43. The van der Waals surface area contributed by atoms with E-state index in [0.29, 0.717) is 30.2 Å². The van der Waals surface area contributed by atoms with E-state index in [1.54, 1.807) is 7.11 Å². The maximum atomic E-state index is 13.0. The molecule has 0 unspecified atom stereocenters. The van der Waals surface area contributed by atoms with Crippen molar-refractivity contribution in [1.82, 2.24) is 14.9 Å². The molecule has 158 valence electrons. The fourth-order valence-electron chi connectivity index (χ4n) is 5.89. The lowest BCUT2D eigenvalue weighted by atomic mass is 9.70. The Morgan fingerprint density at radius 3 is 2.90 bits per heavy atom. The normalized spacial score (nSPS) is 28.3. The van der Waals surface area contributed by atoms with Crippen LogP contribution in [0.1, 0.15) is 37.1 Å². The predicted octanol–water partition coefficient (Wildman–Crippen LogP) is 3.24. The van der Waals surface area contributed by atoms with Gasteiger partial charge in [0.2, 0.25) is 5.91 Å². The number of ether oxygens (including phenoxy) is 1. The minimum Gasteiger partial charge on any atom is -0.497 e. The standard InChI is InChI=1S/C24H30N4O2/c1-16-25-10-9-23(26-16)27-14-18-13-19(15-27)22(28-21(18)7-4-8-24(28)29)12-17-5-3-6-20(11-17)30-2/h3,5-6,9-11,18-19,21-22H,4,7-8,12-15H2,1-2H3/t18-,19+,21+,22+/m1/s1. The quantitative estimate of drug-likeness (QED) is 0.780. The molecule has 0 radical (unpaired) electrons. The lowest BCUT2D eigenvalue weighted by Gasteiger charge is -2.57. The molecule has 3 aliphatic heterocycles. The van der Waals surface area contributed by atoms with Gasteiger partial charge in [-0.1, -0.05) is 12.1 Å². The maximum absolute atomic E-state index is 13.0. The van der Waals surface area contributed by atoms with E-state index in [-0.39, 0.29) is 6.04 Å². The third kappa shape index (κ3) is 3.53. The van der Waals surface area contributed by atoms with Gasteiger partial charge in [-0.05, 0) is 68.2 Å². The summed E-state index contributed by atoms with van der Waals surface area (Å²) in [6.07, 6.45) is 6.76. The van der Waals surface area contributed by atoms with Gasteiger partial charge in [-0.25, -0.2) is 9.97 Å². The summed E-state index contributed by atoms with van der Waals surface area (Å²) < 4.78 is 5.44. The topological polar surface area (TPSA) is 58.6 Å². The minimum absolute atomic E-state index is 0.233. The van der Waals surface area contributed by atoms with E-state index in [0.717, 1.165) is 49.7 Å². The van der Waals surface area contributed by atoms with Crippen LogP contribution in [-0.2, 0) is 11.2 Å². The second-order valence-electron chi connectivity index (χ2n) is 9.01. The minimum atomic E-state index is 0.233. The molecule has 5 rings (SSSR count). The van der Waals surface area contributed by atoms with Gasteiger partial charge in [0, 0.05) is 37.8 Å². The molecule has 0 spiro atoms. The first-order valence-electron chi connectivity index (χ1n) is 11.1. The number of methoxy groups -OCH3 is 1. The van der Waals surface area contributed by atoms with Gasteiger partial charge in [-0.15, -0.1) is 0 Å². The summed E-state index contributed by atoms with van der Waals surface area (Å²) in [5, 5.41) is 0. The maximum Gasteiger partial charge on any atom is 0.223 e. The van der Waals surface area contributed by atoms with Crippen molar-refractivity contribution < 1.29 is 9.53 Å². The van der Waals surface area contributed by atoms with Gasteiger partial charge in [0.1, 0.15) is 17.4 Å². The molecule has 2 bridgehead atoms. The molecule has 6 nitrogen and oxygen atoms in total. The summed E-state index contributed by atoms with van der Waals surface area (Å²) in [6, 6.07) is 10.9. The summed E-state index contributed by atoms with van der Waals surface area (Å²) >= 11 is 0. The Bertz CT molecular complexity index is 933. The van der Waals surface area contributed by atoms with E-state index in [1.165, 1.54) is 12.0 Å². The number of carbonyl (C=O) groups is 1. The van der Waals surface area contributed by atoms with Crippen LogP contribution in [-0.4, -0.2) is 53.1 Å². The van der Waals surface area contributed by atoms with E-state index in [4.69, 9.17) is 9.72 Å². The van der Waals surface area contributed by atoms with Crippen molar-refractivity contribution in [1.29, 1.82) is 0 Å². The molecule has 3 saturated heterocycles. The summed E-state index contributed by atoms with van der Waals surface area (Å²) in [5.74, 6) is 4.02. The van der Waals surface area contributed by atoms with Crippen molar-refractivity contribution in [3.8, 4) is 5.75 Å². The van der Waals surface area contributed by atoms with Gasteiger partial charge < -0.3 is 14.5 Å². The Morgan fingerprint density at radius 2 is 2.07 bits per heavy atom. The van der Waals surface area contributed by atoms with E-state index < -0.39 is 0 Å². The predicted molar refractivity (Wildman–Crippen MR) is 116 cm³/mol. The van der Waals surface area contributed by atoms with Crippen molar-refractivity contribution >= 4 is 11.7 Å². The number of piperidine rings is 3. The molecule has 2 aromatic rings. The van der Waals surface area contributed by atoms with Gasteiger partial charge >= 0.3 is 0 Å². The number of nitrogens with zero attached hydrogens (tertiary/aromatic N) is 4. The lowest BCUT2D eigenvalue weighted by molar-refractivity contribution is -0.148. The van der Waals surface area contributed by atoms with E-state index in [1.807, 2.05) is 31.3 Å². The lowest BCUT2D eigenvalue weighted by Crippen LogP contribution is -2.65. The summed E-state index contributed by atoms with van der Waals surface area (Å²) in [6.45, 7) is 3.87. The van der Waals surface area contributed by atoms with Crippen LogP contribution in [0.5, 0.6) is 5.75 Å². The van der Waals surface area contributed by atoms with Crippen LogP contribution >= 0.6 is 0 Å². The zero-order chi connectivity index (χ0) is 20.7. The SMILES string of the molecule is COc1cccc(C[C@H]2[C@H]3C[C@H](CN(c4ccnc(C)n4)C3)[C@@H]3CCCC(=O)N32)c1. The summed E-state index contributed by atoms with van der Waals surface area (Å²) in [4.78, 5) is 26.7. The first-order chi connectivity index (χ1) is 14.6. The molecule has 3 fully saturated rings. The molecule has 1 aromatic carbocycles. The van der Waals surface area contributed by atoms with Gasteiger partial charge in [0.15, 0.2) is 0 Å². The second kappa shape index (κ2) is 7.89. The van der Waals surface area contributed by atoms with Crippen molar-refractivity contribution in [3.05, 3.63) is 47.9 Å². The molecule has 1 aromatic heterocycles. The number of aromatic nitrogens is 2. The van der Waals surface area contributed by atoms with Crippen LogP contribution < -0.4 is 9.64 Å². The highest BCUT2D eigenvalue weighted by atomic mass is 16.5. The number of fused-ring (bicyclic) bond motifs is 4. The Morgan fingerprint density at radius 1 is 1.20 bits per heavy atom. The number of hydrogen-bond donors (Lipinski definition) is 0. The number of rotatable bonds is 4. The van der Waals surface area contributed by atoms with Crippen molar-refractivity contribution in [2.24, 2.45) is 11.8 Å². The van der Waals surface area contributed by atoms with Gasteiger partial charge in [0.05, 0.1) is 7.11 Å². The Hall–Kier alpha value is -2.63. The van der Waals surface area contributed by atoms with E-state index in [2.05, 4.69) is 26.9 Å². The molecular formula is C24H30N4O2. The Balaban J connectivity index is 1.46. The first-order valence-corrected chi connectivity index (χ1v) is 11.1. The highest BCUT2D eigenvalue weighted by Gasteiger charge is 2.49. The van der Waals surface area contributed by atoms with Crippen molar-refractivity contribution in [3.63, 3.8) is 0 Å². The Kier molecular flexibility index (Phi) is 5.09. The molecular weight excluding hydrogens is 376 g/mol. The molecule has 1 amide bonds. The van der Waals surface area contributed by atoms with Gasteiger partial charge in [-0.2, -0.15) is 0 Å². The van der Waals surface area contributed by atoms with Gasteiger partial charge in [0.25, 0.3) is 0 Å². The number of aryl methyl sites for hydroxylation is 1. The van der Waals surface area contributed by atoms with Crippen LogP contribution in [0.3, 0.4) is 0 Å². The van der Waals surface area contributed by atoms with Crippen LogP contribution in [0.15, 0.2) is 36.5 Å². The molecule has 0 N–H and O–H groups in total. The number of hydrogen-bond acceptors (Lipinski definition) is 5. The third-order valence-corrected chi connectivity index (χ3v) is 7.16. The number of benzene rings is 1. The average Bonchev–Trinajstić information content (AvgIpc) is 2.77. The molecule has 4 atom stereocenters. The number of anilines is 1. The van der Waals surface area contributed by atoms with Gasteiger partial charge in [-0.3, -0.25) is 4.79 Å². The largest absolute Gasteiger partial charge is 0.497 e. The average molecular weight is 407 g/mol. The molecule has 6 heteroatoms. The van der Waals surface area contributed by atoms with Crippen LogP contribution in [0.2, 0.25) is 0 Å². The van der Waals surface area contributed by atoms with E-state index in [9.17, 15) is 4.79 Å². The highest BCUT2D eigenvalue weighted by molar-refractivity contribution is 5.78. The molecule has 30 heavy (non-hydrogen) atoms. The number of amides is 1. The van der Waals surface area contributed by atoms with Crippen molar-refractivity contribution in [2.45, 2.75) is 51.1 Å². The van der Waals surface area contributed by atoms with Crippen LogP contribution in [0.4, 0.5) is 5.82 Å². The molecule has 0 aliphatic carbocycles. The zero-order valence-corrected chi connectivity index (χ0v) is 17.8. The van der Waals surface area contributed by atoms with Crippen molar-refractivity contribution in [2.75, 3.05) is 25.1 Å². The molecule has 0 saturated carbocycles. The fraction of sp³-hybridized carbons (Fsp3) is 0.542.